The molecule has 2 fully saturated rings. The van der Waals surface area contributed by atoms with E-state index in [0.717, 1.165) is 32.5 Å². The van der Waals surface area contributed by atoms with E-state index in [0.29, 0.717) is 29.2 Å². The van der Waals surface area contributed by atoms with E-state index in [4.69, 9.17) is 0 Å². The lowest BCUT2D eigenvalue weighted by Gasteiger charge is -2.36. The Labute approximate surface area is 130 Å². The van der Waals surface area contributed by atoms with Crippen LogP contribution in [-0.2, 0) is 4.79 Å². The monoisotopic (exact) mass is 294 g/mol. The molecule has 0 saturated carbocycles. The van der Waals surface area contributed by atoms with E-state index in [1.54, 1.807) is 0 Å². The SMILES string of the molecule is CC(CC(=O)N1CCCC(C2CCCN2)C1)CC(C)(C)C. The molecule has 0 bridgehead atoms. The van der Waals surface area contributed by atoms with Crippen LogP contribution in [0.1, 0.15) is 66.2 Å². The van der Waals surface area contributed by atoms with Crippen LogP contribution in [0.4, 0.5) is 0 Å². The van der Waals surface area contributed by atoms with Crippen molar-refractivity contribution >= 4 is 5.91 Å². The van der Waals surface area contributed by atoms with Crippen LogP contribution in [0.2, 0.25) is 0 Å². The Kier molecular flexibility index (Phi) is 5.70. The molecule has 0 aromatic carbocycles. The van der Waals surface area contributed by atoms with Gasteiger partial charge >= 0.3 is 0 Å². The summed E-state index contributed by atoms with van der Waals surface area (Å²) in [6, 6.07) is 0.660. The second-order valence-electron chi connectivity index (χ2n) is 8.52. The lowest BCUT2D eigenvalue weighted by atomic mass is 9.83. The summed E-state index contributed by atoms with van der Waals surface area (Å²) in [6.07, 6.45) is 6.92. The number of carbonyl (C=O) groups excluding carboxylic acids is 1. The third-order valence-corrected chi connectivity index (χ3v) is 4.96. The van der Waals surface area contributed by atoms with Gasteiger partial charge in [0.05, 0.1) is 0 Å². The highest BCUT2D eigenvalue weighted by atomic mass is 16.2. The van der Waals surface area contributed by atoms with Crippen molar-refractivity contribution in [3.8, 4) is 0 Å². The van der Waals surface area contributed by atoms with Gasteiger partial charge in [0, 0.05) is 25.6 Å². The third kappa shape index (κ3) is 5.28. The number of rotatable bonds is 4. The Morgan fingerprint density at radius 2 is 2.05 bits per heavy atom. The molecule has 0 aromatic heterocycles. The Hall–Kier alpha value is -0.570. The first-order chi connectivity index (χ1) is 9.85. The van der Waals surface area contributed by atoms with Gasteiger partial charge in [-0.25, -0.2) is 0 Å². The molecule has 0 radical (unpaired) electrons. The predicted molar refractivity (Wildman–Crippen MR) is 88.2 cm³/mol. The summed E-state index contributed by atoms with van der Waals surface area (Å²) in [4.78, 5) is 14.7. The van der Waals surface area contributed by atoms with Gasteiger partial charge in [-0.1, -0.05) is 27.7 Å². The van der Waals surface area contributed by atoms with Gasteiger partial charge in [0.25, 0.3) is 0 Å². The molecule has 2 rings (SSSR count). The fraction of sp³-hybridized carbons (Fsp3) is 0.944. The standard InChI is InChI=1S/C18H34N2O/c1-14(12-18(2,3)4)11-17(21)20-10-6-7-15(13-20)16-8-5-9-19-16/h14-16,19H,5-13H2,1-4H3. The number of nitrogens with zero attached hydrogens (tertiary/aromatic N) is 1. The Balaban J connectivity index is 1.81. The average molecular weight is 294 g/mol. The summed E-state index contributed by atoms with van der Waals surface area (Å²) in [7, 11) is 0. The maximum atomic E-state index is 12.6. The minimum atomic E-state index is 0.317. The molecule has 0 spiro atoms. The highest BCUT2D eigenvalue weighted by Crippen LogP contribution is 2.28. The van der Waals surface area contributed by atoms with Crippen molar-refractivity contribution in [2.75, 3.05) is 19.6 Å². The first kappa shape index (κ1) is 16.8. The second-order valence-corrected chi connectivity index (χ2v) is 8.52. The van der Waals surface area contributed by atoms with Gasteiger partial charge in [0.2, 0.25) is 5.91 Å². The minimum absolute atomic E-state index is 0.317. The van der Waals surface area contributed by atoms with E-state index in [9.17, 15) is 4.79 Å². The van der Waals surface area contributed by atoms with Crippen molar-refractivity contribution in [1.82, 2.24) is 10.2 Å². The Bertz CT molecular complexity index is 342. The summed E-state index contributed by atoms with van der Waals surface area (Å²) in [5.74, 6) is 1.56. The van der Waals surface area contributed by atoms with Crippen molar-refractivity contribution in [2.24, 2.45) is 17.3 Å². The number of hydrogen-bond donors (Lipinski definition) is 1. The van der Waals surface area contributed by atoms with Crippen LogP contribution in [0.5, 0.6) is 0 Å². The van der Waals surface area contributed by atoms with E-state index in [1.807, 2.05) is 0 Å². The zero-order chi connectivity index (χ0) is 15.5. The molecule has 2 saturated heterocycles. The lowest BCUT2D eigenvalue weighted by Crippen LogP contribution is -2.46. The quantitative estimate of drug-likeness (QED) is 0.861. The molecule has 3 atom stereocenters. The highest BCUT2D eigenvalue weighted by Gasteiger charge is 2.31. The summed E-state index contributed by atoms with van der Waals surface area (Å²) >= 11 is 0. The van der Waals surface area contributed by atoms with Crippen LogP contribution in [0, 0.1) is 17.3 Å². The Morgan fingerprint density at radius 1 is 1.29 bits per heavy atom. The van der Waals surface area contributed by atoms with Gasteiger partial charge in [-0.15, -0.1) is 0 Å². The molecule has 122 valence electrons. The smallest absolute Gasteiger partial charge is 0.222 e. The summed E-state index contributed by atoms with van der Waals surface area (Å²) in [5, 5.41) is 3.62. The summed E-state index contributed by atoms with van der Waals surface area (Å²) in [5.41, 5.74) is 0.317. The fourth-order valence-electron chi connectivity index (χ4n) is 4.22. The van der Waals surface area contributed by atoms with E-state index >= 15 is 0 Å². The number of amides is 1. The number of piperidine rings is 1. The molecule has 0 aromatic rings. The van der Waals surface area contributed by atoms with E-state index in [2.05, 4.69) is 37.9 Å². The maximum Gasteiger partial charge on any atom is 0.222 e. The molecule has 2 heterocycles. The molecule has 3 heteroatoms. The van der Waals surface area contributed by atoms with Crippen LogP contribution in [0.25, 0.3) is 0 Å². The molecule has 1 N–H and O–H groups in total. The van der Waals surface area contributed by atoms with Crippen LogP contribution in [-0.4, -0.2) is 36.5 Å². The molecule has 2 aliphatic heterocycles. The van der Waals surface area contributed by atoms with Gasteiger partial charge in [-0.3, -0.25) is 4.79 Å². The number of hydrogen-bond acceptors (Lipinski definition) is 2. The highest BCUT2D eigenvalue weighted by molar-refractivity contribution is 5.76. The summed E-state index contributed by atoms with van der Waals surface area (Å²) in [6.45, 7) is 12.1. The lowest BCUT2D eigenvalue weighted by molar-refractivity contribution is -0.134. The average Bonchev–Trinajstić information content (AvgIpc) is 2.90. The first-order valence-corrected chi connectivity index (χ1v) is 8.86. The molecule has 2 aliphatic rings. The predicted octanol–water partition coefficient (Wildman–Crippen LogP) is 3.44. The Morgan fingerprint density at radius 3 is 2.67 bits per heavy atom. The zero-order valence-corrected chi connectivity index (χ0v) is 14.5. The summed E-state index contributed by atoms with van der Waals surface area (Å²) < 4.78 is 0. The van der Waals surface area contributed by atoms with Crippen molar-refractivity contribution in [2.45, 2.75) is 72.3 Å². The molecule has 3 nitrogen and oxygen atoms in total. The molecular weight excluding hydrogens is 260 g/mol. The van der Waals surface area contributed by atoms with E-state index < -0.39 is 0 Å². The van der Waals surface area contributed by atoms with Crippen LogP contribution >= 0.6 is 0 Å². The largest absolute Gasteiger partial charge is 0.342 e. The van der Waals surface area contributed by atoms with Crippen molar-refractivity contribution in [3.63, 3.8) is 0 Å². The van der Waals surface area contributed by atoms with E-state index in [1.165, 1.54) is 25.7 Å². The number of likely N-dealkylation sites (tertiary alicyclic amines) is 1. The molecular formula is C18H34N2O. The van der Waals surface area contributed by atoms with Gasteiger partial charge in [-0.2, -0.15) is 0 Å². The zero-order valence-electron chi connectivity index (χ0n) is 14.5. The van der Waals surface area contributed by atoms with Crippen LogP contribution < -0.4 is 5.32 Å². The van der Waals surface area contributed by atoms with Crippen LogP contribution in [0.3, 0.4) is 0 Å². The van der Waals surface area contributed by atoms with Crippen molar-refractivity contribution in [3.05, 3.63) is 0 Å². The normalized spacial score (nSPS) is 28.7. The van der Waals surface area contributed by atoms with Gasteiger partial charge in [-0.05, 0) is 55.9 Å². The first-order valence-electron chi connectivity index (χ1n) is 8.86. The molecule has 3 unspecified atom stereocenters. The van der Waals surface area contributed by atoms with Crippen LogP contribution in [0.15, 0.2) is 0 Å². The number of nitrogens with one attached hydrogen (secondary N) is 1. The molecule has 21 heavy (non-hydrogen) atoms. The number of carbonyl (C=O) groups is 1. The fourth-order valence-corrected chi connectivity index (χ4v) is 4.22. The topological polar surface area (TPSA) is 32.3 Å². The van der Waals surface area contributed by atoms with Gasteiger partial charge in [0.1, 0.15) is 0 Å². The van der Waals surface area contributed by atoms with E-state index in [-0.39, 0.29) is 0 Å². The maximum absolute atomic E-state index is 12.6. The molecule has 1 amide bonds. The van der Waals surface area contributed by atoms with Gasteiger partial charge < -0.3 is 10.2 Å². The van der Waals surface area contributed by atoms with Gasteiger partial charge in [0.15, 0.2) is 0 Å². The minimum Gasteiger partial charge on any atom is -0.342 e. The van der Waals surface area contributed by atoms with Crippen molar-refractivity contribution in [1.29, 1.82) is 0 Å². The molecule has 0 aliphatic carbocycles. The second kappa shape index (κ2) is 7.13. The third-order valence-electron chi connectivity index (χ3n) is 4.96. The van der Waals surface area contributed by atoms with Crippen molar-refractivity contribution < 1.29 is 4.79 Å².